The van der Waals surface area contributed by atoms with Crippen LogP contribution < -0.4 is 11.1 Å². The number of hydrogen-bond donors (Lipinski definition) is 2. The van der Waals surface area contributed by atoms with Crippen molar-refractivity contribution in [2.24, 2.45) is 0 Å². The van der Waals surface area contributed by atoms with Crippen molar-refractivity contribution in [2.45, 2.75) is 4.34 Å². The van der Waals surface area contributed by atoms with E-state index >= 15 is 0 Å². The molecule has 1 aromatic heterocycles. The normalized spacial score (nSPS) is 10.2. The fraction of sp³-hybridized carbons (Fsp3) is 0.143. The molecule has 1 aromatic carbocycles. The number of thioether (sulfide) groups is 1. The Hall–Kier alpha value is -1.79. The lowest BCUT2D eigenvalue weighted by molar-refractivity contribution is -0.118. The zero-order valence-electron chi connectivity index (χ0n) is 10.8. The summed E-state index contributed by atoms with van der Waals surface area (Å²) in [6.45, 7) is 4.03. The van der Waals surface area contributed by atoms with Gasteiger partial charge in [0.2, 0.25) is 5.91 Å². The fourth-order valence-corrected chi connectivity index (χ4v) is 3.32. The molecule has 6 heteroatoms. The van der Waals surface area contributed by atoms with E-state index in [1.165, 1.54) is 23.1 Å². The first kappa shape index (κ1) is 14.6. The lowest BCUT2D eigenvalue weighted by Crippen LogP contribution is -2.24. The molecule has 0 spiro atoms. The van der Waals surface area contributed by atoms with Gasteiger partial charge in [0.05, 0.1) is 5.75 Å². The van der Waals surface area contributed by atoms with E-state index in [1.807, 2.05) is 30.3 Å². The highest BCUT2D eigenvalue weighted by Gasteiger charge is 2.12. The molecule has 1 amide bonds. The zero-order valence-corrected chi connectivity index (χ0v) is 12.5. The molecule has 0 atom stereocenters. The van der Waals surface area contributed by atoms with Gasteiger partial charge < -0.3 is 11.1 Å². The maximum absolute atomic E-state index is 11.5. The fourth-order valence-electron chi connectivity index (χ4n) is 1.54. The van der Waals surface area contributed by atoms with Crippen molar-refractivity contribution in [3.8, 4) is 11.3 Å². The lowest BCUT2D eigenvalue weighted by Gasteiger charge is -1.99. The van der Waals surface area contributed by atoms with Crippen LogP contribution in [0.4, 0.5) is 5.00 Å². The third kappa shape index (κ3) is 3.85. The molecule has 0 radical (unpaired) electrons. The van der Waals surface area contributed by atoms with Gasteiger partial charge in [-0.1, -0.05) is 59.5 Å². The number of carbonyl (C=O) groups excluding carboxylic acids is 1. The number of nitrogens with zero attached hydrogens (tertiary/aromatic N) is 1. The number of rotatable bonds is 6. The maximum atomic E-state index is 11.5. The molecule has 0 saturated heterocycles. The van der Waals surface area contributed by atoms with Crippen LogP contribution in [0.25, 0.3) is 11.3 Å². The summed E-state index contributed by atoms with van der Waals surface area (Å²) in [6, 6.07) is 9.78. The Labute approximate surface area is 126 Å². The highest BCUT2D eigenvalue weighted by Crippen LogP contribution is 2.35. The quantitative estimate of drug-likeness (QED) is 0.636. The van der Waals surface area contributed by atoms with E-state index in [2.05, 4.69) is 16.9 Å². The molecular weight excluding hydrogens is 290 g/mol. The Morgan fingerprint density at radius 3 is 2.90 bits per heavy atom. The predicted molar refractivity (Wildman–Crippen MR) is 85.9 cm³/mol. The molecule has 3 N–H and O–H groups in total. The smallest absolute Gasteiger partial charge is 0.230 e. The van der Waals surface area contributed by atoms with Crippen molar-refractivity contribution in [1.29, 1.82) is 0 Å². The van der Waals surface area contributed by atoms with Gasteiger partial charge in [-0.15, -0.1) is 6.58 Å². The molecule has 104 valence electrons. The van der Waals surface area contributed by atoms with Gasteiger partial charge in [-0.05, 0) is 0 Å². The minimum atomic E-state index is -0.0371. The summed E-state index contributed by atoms with van der Waals surface area (Å²) in [6.07, 6.45) is 1.65. The zero-order chi connectivity index (χ0) is 14.4. The minimum Gasteiger partial charge on any atom is -0.389 e. The third-order valence-corrected chi connectivity index (χ3v) is 4.48. The van der Waals surface area contributed by atoms with Gasteiger partial charge in [-0.3, -0.25) is 4.79 Å². The van der Waals surface area contributed by atoms with E-state index in [1.54, 1.807) is 6.08 Å². The van der Waals surface area contributed by atoms with Gasteiger partial charge in [0.1, 0.15) is 10.7 Å². The number of benzene rings is 1. The number of nitrogen functional groups attached to an aromatic ring is 1. The number of nitrogens with one attached hydrogen (secondary N) is 1. The molecule has 2 rings (SSSR count). The van der Waals surface area contributed by atoms with Crippen LogP contribution in [-0.4, -0.2) is 23.2 Å². The van der Waals surface area contributed by atoms with Crippen LogP contribution in [0, 0.1) is 0 Å². The van der Waals surface area contributed by atoms with E-state index in [4.69, 9.17) is 5.73 Å². The average Bonchev–Trinajstić information content (AvgIpc) is 2.85. The summed E-state index contributed by atoms with van der Waals surface area (Å²) in [5, 5.41) is 3.39. The Kier molecular flexibility index (Phi) is 5.20. The van der Waals surface area contributed by atoms with Gasteiger partial charge in [0.15, 0.2) is 4.34 Å². The largest absolute Gasteiger partial charge is 0.389 e. The second kappa shape index (κ2) is 7.12. The van der Waals surface area contributed by atoms with Gasteiger partial charge in [0, 0.05) is 12.1 Å². The van der Waals surface area contributed by atoms with Crippen LogP contribution in [0.15, 0.2) is 47.3 Å². The summed E-state index contributed by atoms with van der Waals surface area (Å²) in [7, 11) is 0. The number of carbonyl (C=O) groups is 1. The minimum absolute atomic E-state index is 0.0371. The highest BCUT2D eigenvalue weighted by molar-refractivity contribution is 8.01. The Morgan fingerprint density at radius 2 is 2.20 bits per heavy atom. The number of nitrogens with two attached hydrogens (primary N) is 1. The second-order valence-electron chi connectivity index (χ2n) is 3.94. The maximum Gasteiger partial charge on any atom is 0.230 e. The van der Waals surface area contributed by atoms with Gasteiger partial charge in [0.25, 0.3) is 0 Å². The van der Waals surface area contributed by atoms with E-state index in [0.29, 0.717) is 17.3 Å². The molecule has 0 unspecified atom stereocenters. The molecule has 0 bridgehead atoms. The van der Waals surface area contributed by atoms with Crippen molar-refractivity contribution in [3.63, 3.8) is 0 Å². The van der Waals surface area contributed by atoms with Crippen molar-refractivity contribution >= 4 is 34.0 Å². The van der Waals surface area contributed by atoms with Gasteiger partial charge >= 0.3 is 0 Å². The van der Waals surface area contributed by atoms with Crippen molar-refractivity contribution in [1.82, 2.24) is 10.3 Å². The first-order chi connectivity index (χ1) is 9.70. The summed E-state index contributed by atoms with van der Waals surface area (Å²) < 4.78 is 0.801. The second-order valence-corrected chi connectivity index (χ2v) is 6.19. The van der Waals surface area contributed by atoms with Crippen LogP contribution in [-0.2, 0) is 4.79 Å². The molecule has 0 aliphatic rings. The summed E-state index contributed by atoms with van der Waals surface area (Å²) in [4.78, 5) is 16.0. The molecule has 4 nitrogen and oxygen atoms in total. The molecular formula is C14H15N3OS2. The Balaban J connectivity index is 2.01. The van der Waals surface area contributed by atoms with Crippen molar-refractivity contribution in [3.05, 3.63) is 43.0 Å². The molecule has 0 fully saturated rings. The third-order valence-electron chi connectivity index (χ3n) is 2.45. The van der Waals surface area contributed by atoms with Crippen molar-refractivity contribution < 1.29 is 4.79 Å². The number of hydrogen-bond acceptors (Lipinski definition) is 5. The number of anilines is 1. The summed E-state index contributed by atoms with van der Waals surface area (Å²) in [5.74, 6) is 0.291. The average molecular weight is 305 g/mol. The number of aromatic nitrogens is 1. The predicted octanol–water partition coefficient (Wildman–Crippen LogP) is 2.79. The monoisotopic (exact) mass is 305 g/mol. The van der Waals surface area contributed by atoms with Gasteiger partial charge in [-0.2, -0.15) is 0 Å². The van der Waals surface area contributed by atoms with E-state index in [0.717, 1.165) is 15.6 Å². The molecule has 0 saturated carbocycles. The SMILES string of the molecule is C=CCNC(=O)CSc1nc(-c2ccccc2)c(N)s1. The number of thiazole rings is 1. The van der Waals surface area contributed by atoms with E-state index < -0.39 is 0 Å². The van der Waals surface area contributed by atoms with Crippen LogP contribution in [0.1, 0.15) is 0 Å². The Morgan fingerprint density at radius 1 is 1.45 bits per heavy atom. The summed E-state index contributed by atoms with van der Waals surface area (Å²) in [5.41, 5.74) is 7.76. The molecule has 2 aromatic rings. The van der Waals surface area contributed by atoms with Crippen LogP contribution >= 0.6 is 23.1 Å². The van der Waals surface area contributed by atoms with E-state index in [9.17, 15) is 4.79 Å². The molecule has 0 aliphatic carbocycles. The van der Waals surface area contributed by atoms with Crippen LogP contribution in [0.5, 0.6) is 0 Å². The standard InChI is InChI=1S/C14H15N3OS2/c1-2-8-16-11(18)9-19-14-17-12(13(15)20-14)10-6-4-3-5-7-10/h2-7H,1,8-9,15H2,(H,16,18). The van der Waals surface area contributed by atoms with E-state index in [-0.39, 0.29) is 5.91 Å². The number of amides is 1. The first-order valence-corrected chi connectivity index (χ1v) is 7.83. The van der Waals surface area contributed by atoms with Crippen molar-refractivity contribution in [2.75, 3.05) is 18.0 Å². The molecule has 20 heavy (non-hydrogen) atoms. The lowest BCUT2D eigenvalue weighted by atomic mass is 10.2. The van der Waals surface area contributed by atoms with Gasteiger partial charge in [-0.25, -0.2) is 4.98 Å². The molecule has 0 aliphatic heterocycles. The Bertz CT molecular complexity index is 596. The highest BCUT2D eigenvalue weighted by atomic mass is 32.2. The van der Waals surface area contributed by atoms with Crippen LogP contribution in [0.3, 0.4) is 0 Å². The summed E-state index contributed by atoms with van der Waals surface area (Å²) >= 11 is 2.79. The first-order valence-electron chi connectivity index (χ1n) is 6.03. The topological polar surface area (TPSA) is 68.0 Å². The van der Waals surface area contributed by atoms with Crippen LogP contribution in [0.2, 0.25) is 0 Å². The molecule has 1 heterocycles.